The predicted molar refractivity (Wildman–Crippen MR) is 108 cm³/mol. The molecule has 4 nitrogen and oxygen atoms in total. The molecule has 140 valence electrons. The van der Waals surface area contributed by atoms with Crippen molar-refractivity contribution in [3.63, 3.8) is 0 Å². The molecule has 1 aliphatic carbocycles. The van der Waals surface area contributed by atoms with Gasteiger partial charge < -0.3 is 0 Å². The van der Waals surface area contributed by atoms with Gasteiger partial charge in [0, 0.05) is 5.56 Å². The summed E-state index contributed by atoms with van der Waals surface area (Å²) < 4.78 is 0. The van der Waals surface area contributed by atoms with E-state index < -0.39 is 5.24 Å². The van der Waals surface area contributed by atoms with Gasteiger partial charge in [-0.1, -0.05) is 60.7 Å². The SMILES string of the molecule is CON(C(=O)Cc1ccc(C(=O)Cl)cc1)C1c2ccccc2-c2ccccc21. The Morgan fingerprint density at radius 2 is 1.43 bits per heavy atom. The molecule has 1 aliphatic rings. The second-order valence-electron chi connectivity index (χ2n) is 6.63. The van der Waals surface area contributed by atoms with Crippen molar-refractivity contribution in [2.24, 2.45) is 0 Å². The smallest absolute Gasteiger partial charge is 0.252 e. The molecule has 0 aliphatic heterocycles. The topological polar surface area (TPSA) is 46.6 Å². The highest BCUT2D eigenvalue weighted by molar-refractivity contribution is 6.67. The molecule has 28 heavy (non-hydrogen) atoms. The maximum Gasteiger partial charge on any atom is 0.252 e. The van der Waals surface area contributed by atoms with Crippen LogP contribution in [0.15, 0.2) is 72.8 Å². The van der Waals surface area contributed by atoms with Crippen LogP contribution in [-0.2, 0) is 16.1 Å². The molecule has 4 rings (SSSR count). The molecule has 0 saturated carbocycles. The molecule has 3 aromatic carbocycles. The Morgan fingerprint density at radius 1 is 0.893 bits per heavy atom. The van der Waals surface area contributed by atoms with Crippen LogP contribution >= 0.6 is 11.6 Å². The van der Waals surface area contributed by atoms with Crippen LogP contribution in [0.2, 0.25) is 0 Å². The lowest BCUT2D eigenvalue weighted by Crippen LogP contribution is -2.35. The van der Waals surface area contributed by atoms with E-state index in [1.165, 1.54) is 12.2 Å². The zero-order valence-electron chi connectivity index (χ0n) is 15.3. The molecule has 0 N–H and O–H groups in total. The van der Waals surface area contributed by atoms with E-state index in [9.17, 15) is 9.59 Å². The lowest BCUT2D eigenvalue weighted by molar-refractivity contribution is -0.184. The van der Waals surface area contributed by atoms with Crippen LogP contribution in [0.4, 0.5) is 0 Å². The van der Waals surface area contributed by atoms with Gasteiger partial charge >= 0.3 is 0 Å². The number of hydrogen-bond donors (Lipinski definition) is 0. The highest BCUT2D eigenvalue weighted by Gasteiger charge is 2.35. The Balaban J connectivity index is 1.65. The monoisotopic (exact) mass is 391 g/mol. The first-order valence-electron chi connectivity index (χ1n) is 8.93. The molecule has 1 amide bonds. The average molecular weight is 392 g/mol. The molecule has 0 heterocycles. The summed E-state index contributed by atoms with van der Waals surface area (Å²) in [6.07, 6.45) is 0.158. The fourth-order valence-electron chi connectivity index (χ4n) is 3.74. The normalized spacial score (nSPS) is 12.4. The predicted octanol–water partition coefficient (Wildman–Crippen LogP) is 4.77. The molecule has 0 fully saturated rings. The molecule has 0 aromatic heterocycles. The van der Waals surface area contributed by atoms with Crippen LogP contribution in [0.1, 0.15) is 33.1 Å². The molecule has 0 saturated heterocycles. The zero-order chi connectivity index (χ0) is 19.7. The van der Waals surface area contributed by atoms with Gasteiger partial charge in [-0.15, -0.1) is 0 Å². The third-order valence-electron chi connectivity index (χ3n) is 5.01. The number of amides is 1. The van der Waals surface area contributed by atoms with Gasteiger partial charge in [0.05, 0.1) is 13.5 Å². The second-order valence-corrected chi connectivity index (χ2v) is 6.97. The van der Waals surface area contributed by atoms with Gasteiger partial charge in [0.25, 0.3) is 11.1 Å². The van der Waals surface area contributed by atoms with Gasteiger partial charge in [-0.3, -0.25) is 14.4 Å². The Morgan fingerprint density at radius 3 is 1.93 bits per heavy atom. The summed E-state index contributed by atoms with van der Waals surface area (Å²) in [7, 11) is 1.51. The molecule has 5 heteroatoms. The summed E-state index contributed by atoms with van der Waals surface area (Å²) in [6, 6.07) is 22.5. The number of fused-ring (bicyclic) bond motifs is 3. The molecular formula is C23H18ClNO3. The van der Waals surface area contributed by atoms with Crippen LogP contribution in [0.25, 0.3) is 11.1 Å². The van der Waals surface area contributed by atoms with Gasteiger partial charge in [0.2, 0.25) is 0 Å². The van der Waals surface area contributed by atoms with Crippen molar-refractivity contribution in [3.05, 3.63) is 95.1 Å². The second kappa shape index (κ2) is 7.58. The number of nitrogens with zero attached hydrogens (tertiary/aromatic N) is 1. The van der Waals surface area contributed by atoms with Crippen LogP contribution in [0.3, 0.4) is 0 Å². The first kappa shape index (κ1) is 18.4. The summed E-state index contributed by atoms with van der Waals surface area (Å²) in [6.45, 7) is 0. The summed E-state index contributed by atoms with van der Waals surface area (Å²) in [5.41, 5.74) is 5.50. The lowest BCUT2D eigenvalue weighted by atomic mass is 10.0. The summed E-state index contributed by atoms with van der Waals surface area (Å²) in [4.78, 5) is 29.8. The van der Waals surface area contributed by atoms with Gasteiger partial charge in [-0.05, 0) is 51.6 Å². The van der Waals surface area contributed by atoms with Crippen molar-refractivity contribution in [3.8, 4) is 11.1 Å². The molecule has 0 atom stereocenters. The van der Waals surface area contributed by atoms with E-state index in [0.717, 1.165) is 27.8 Å². The van der Waals surface area contributed by atoms with Crippen molar-refractivity contribution in [2.75, 3.05) is 7.11 Å². The van der Waals surface area contributed by atoms with Crippen LogP contribution in [0, 0.1) is 0 Å². The minimum Gasteiger partial charge on any atom is -0.276 e. The fraction of sp³-hybridized carbons (Fsp3) is 0.130. The van der Waals surface area contributed by atoms with Crippen molar-refractivity contribution in [1.29, 1.82) is 0 Å². The minimum atomic E-state index is -0.518. The number of carbonyl (C=O) groups excluding carboxylic acids is 2. The van der Waals surface area contributed by atoms with E-state index in [2.05, 4.69) is 12.1 Å². The number of carbonyl (C=O) groups is 2. The van der Waals surface area contributed by atoms with E-state index in [1.807, 2.05) is 36.4 Å². The van der Waals surface area contributed by atoms with E-state index in [1.54, 1.807) is 24.3 Å². The molecule has 0 unspecified atom stereocenters. The molecule has 0 bridgehead atoms. The maximum absolute atomic E-state index is 13.1. The Labute approximate surface area is 168 Å². The number of rotatable bonds is 5. The van der Waals surface area contributed by atoms with Gasteiger partial charge in [0.15, 0.2) is 0 Å². The maximum atomic E-state index is 13.1. The van der Waals surface area contributed by atoms with Gasteiger partial charge in [0.1, 0.15) is 6.04 Å². The summed E-state index contributed by atoms with van der Waals surface area (Å²) in [5.74, 6) is -0.163. The number of hydroxylamine groups is 2. The van der Waals surface area contributed by atoms with E-state index >= 15 is 0 Å². The van der Waals surface area contributed by atoms with Crippen molar-refractivity contribution in [2.45, 2.75) is 12.5 Å². The van der Waals surface area contributed by atoms with E-state index in [0.29, 0.717) is 5.56 Å². The number of halogens is 1. The van der Waals surface area contributed by atoms with Crippen LogP contribution in [0.5, 0.6) is 0 Å². The van der Waals surface area contributed by atoms with E-state index in [4.69, 9.17) is 16.4 Å². The first-order chi connectivity index (χ1) is 13.6. The average Bonchev–Trinajstić information content (AvgIpc) is 3.04. The van der Waals surface area contributed by atoms with Gasteiger partial charge in [-0.2, -0.15) is 0 Å². The molecule has 0 spiro atoms. The standard InChI is InChI=1S/C23H18ClNO3/c1-28-25(21(26)14-15-10-12-16(13-11-15)23(24)27)22-19-8-4-2-6-17(19)18-7-3-5-9-20(18)22/h2-13,22H,14H2,1H3. The third kappa shape index (κ3) is 3.21. The first-order valence-corrected chi connectivity index (χ1v) is 9.31. The summed E-state index contributed by atoms with van der Waals surface area (Å²) in [5, 5.41) is 0.918. The van der Waals surface area contributed by atoms with E-state index in [-0.39, 0.29) is 18.4 Å². The number of benzene rings is 3. The highest BCUT2D eigenvalue weighted by atomic mass is 35.5. The quantitative estimate of drug-likeness (QED) is 0.465. The Kier molecular flexibility index (Phi) is 4.99. The zero-order valence-corrected chi connectivity index (χ0v) is 16.0. The van der Waals surface area contributed by atoms with Crippen molar-refractivity contribution in [1.82, 2.24) is 5.06 Å². The van der Waals surface area contributed by atoms with Crippen LogP contribution < -0.4 is 0 Å². The molecule has 0 radical (unpaired) electrons. The molecular weight excluding hydrogens is 374 g/mol. The largest absolute Gasteiger partial charge is 0.276 e. The summed E-state index contributed by atoms with van der Waals surface area (Å²) >= 11 is 5.48. The Hall–Kier alpha value is -2.95. The highest BCUT2D eigenvalue weighted by Crippen LogP contribution is 2.46. The fourth-order valence-corrected chi connectivity index (χ4v) is 3.87. The van der Waals surface area contributed by atoms with Crippen molar-refractivity contribution >= 4 is 22.8 Å². The Bertz CT molecular complexity index is 1000. The van der Waals surface area contributed by atoms with Crippen LogP contribution in [-0.4, -0.2) is 23.3 Å². The van der Waals surface area contributed by atoms with Gasteiger partial charge in [-0.25, -0.2) is 5.06 Å². The minimum absolute atomic E-state index is 0.158. The third-order valence-corrected chi connectivity index (χ3v) is 5.23. The van der Waals surface area contributed by atoms with Crippen molar-refractivity contribution < 1.29 is 14.4 Å². The lowest BCUT2D eigenvalue weighted by Gasteiger charge is -2.28. The number of hydrogen-bond acceptors (Lipinski definition) is 3. The molecule has 3 aromatic rings.